The largest absolute Gasteiger partial charge is 0.376 e. The lowest BCUT2D eigenvalue weighted by atomic mass is 9.97. The number of amides is 1. The van der Waals surface area contributed by atoms with Crippen molar-refractivity contribution in [3.8, 4) is 6.07 Å². The molecule has 1 aliphatic rings. The van der Waals surface area contributed by atoms with Crippen LogP contribution in [0.3, 0.4) is 0 Å². The van der Waals surface area contributed by atoms with Gasteiger partial charge in [-0.05, 0) is 25.7 Å². The van der Waals surface area contributed by atoms with Crippen LogP contribution < -0.4 is 5.32 Å². The Labute approximate surface area is 173 Å². The van der Waals surface area contributed by atoms with Crippen molar-refractivity contribution in [2.24, 2.45) is 0 Å². The van der Waals surface area contributed by atoms with Crippen molar-refractivity contribution in [3.63, 3.8) is 0 Å². The average Bonchev–Trinajstić information content (AvgIpc) is 2.69. The second-order valence-corrected chi connectivity index (χ2v) is 8.33. The first kappa shape index (κ1) is 24.5. The Morgan fingerprint density at radius 1 is 0.929 bits per heavy atom. The number of hydrogen-bond acceptors (Lipinski definition) is 3. The molecule has 0 bridgehead atoms. The standard InChI is InChI=1S/C24H43N3O/c1-3-5-18-27(19-6-4-2)21-22(20-25)24(28)26-23-16-14-12-10-8-7-9-11-13-15-17-23/h21,23H,3-19H2,1-2H3,(H,26,28)/b22-21-. The first-order valence-corrected chi connectivity index (χ1v) is 11.9. The maximum absolute atomic E-state index is 12.8. The Balaban J connectivity index is 2.67. The van der Waals surface area contributed by atoms with Crippen LogP contribution in [-0.4, -0.2) is 29.9 Å². The molecule has 0 atom stereocenters. The second kappa shape index (κ2) is 16.5. The molecule has 0 radical (unpaired) electrons. The maximum atomic E-state index is 12.8. The fourth-order valence-corrected chi connectivity index (χ4v) is 3.85. The number of carbonyl (C=O) groups is 1. The van der Waals surface area contributed by atoms with Crippen LogP contribution in [0.2, 0.25) is 0 Å². The number of nitriles is 1. The van der Waals surface area contributed by atoms with Gasteiger partial charge in [0, 0.05) is 25.3 Å². The molecule has 1 aliphatic carbocycles. The summed E-state index contributed by atoms with van der Waals surface area (Å²) in [4.78, 5) is 14.9. The molecule has 0 heterocycles. The summed E-state index contributed by atoms with van der Waals surface area (Å²) in [7, 11) is 0. The number of unbranched alkanes of at least 4 members (excludes halogenated alkanes) is 2. The van der Waals surface area contributed by atoms with Crippen LogP contribution in [0.25, 0.3) is 0 Å². The monoisotopic (exact) mass is 389 g/mol. The third-order valence-corrected chi connectivity index (χ3v) is 5.71. The summed E-state index contributed by atoms with van der Waals surface area (Å²) in [6.45, 7) is 6.17. The molecule has 1 fully saturated rings. The van der Waals surface area contributed by atoms with Gasteiger partial charge in [0.15, 0.2) is 0 Å². The van der Waals surface area contributed by atoms with Crippen LogP contribution in [0.1, 0.15) is 110 Å². The first-order valence-electron chi connectivity index (χ1n) is 11.9. The van der Waals surface area contributed by atoms with Crippen molar-refractivity contribution in [3.05, 3.63) is 11.8 Å². The van der Waals surface area contributed by atoms with Crippen LogP contribution in [0, 0.1) is 11.3 Å². The van der Waals surface area contributed by atoms with Crippen molar-refractivity contribution >= 4 is 5.91 Å². The average molecular weight is 390 g/mol. The van der Waals surface area contributed by atoms with E-state index in [-0.39, 0.29) is 17.5 Å². The van der Waals surface area contributed by atoms with Gasteiger partial charge in [0.1, 0.15) is 11.6 Å². The molecule has 28 heavy (non-hydrogen) atoms. The molecule has 0 saturated heterocycles. The van der Waals surface area contributed by atoms with E-state index < -0.39 is 0 Å². The minimum Gasteiger partial charge on any atom is -0.376 e. The van der Waals surface area contributed by atoms with Crippen molar-refractivity contribution in [1.82, 2.24) is 10.2 Å². The van der Waals surface area contributed by atoms with Crippen LogP contribution in [0.15, 0.2) is 11.8 Å². The fourth-order valence-electron chi connectivity index (χ4n) is 3.85. The molecular formula is C24H43N3O. The van der Waals surface area contributed by atoms with Gasteiger partial charge in [0.2, 0.25) is 0 Å². The molecule has 1 N–H and O–H groups in total. The summed E-state index contributed by atoms with van der Waals surface area (Å²) in [5, 5.41) is 12.8. The van der Waals surface area contributed by atoms with Gasteiger partial charge in [-0.1, -0.05) is 84.5 Å². The van der Waals surface area contributed by atoms with Crippen molar-refractivity contribution < 1.29 is 4.79 Å². The summed E-state index contributed by atoms with van der Waals surface area (Å²) in [5.74, 6) is -0.183. The van der Waals surface area contributed by atoms with E-state index in [0.717, 1.165) is 51.6 Å². The highest BCUT2D eigenvalue weighted by Gasteiger charge is 2.17. The van der Waals surface area contributed by atoms with Gasteiger partial charge >= 0.3 is 0 Å². The van der Waals surface area contributed by atoms with Gasteiger partial charge in [-0.2, -0.15) is 5.26 Å². The minimum atomic E-state index is -0.183. The lowest BCUT2D eigenvalue weighted by molar-refractivity contribution is -0.118. The number of hydrogen-bond donors (Lipinski definition) is 1. The van der Waals surface area contributed by atoms with Gasteiger partial charge in [-0.15, -0.1) is 0 Å². The van der Waals surface area contributed by atoms with Gasteiger partial charge in [0.25, 0.3) is 5.91 Å². The highest BCUT2D eigenvalue weighted by Crippen LogP contribution is 2.17. The number of carbonyl (C=O) groups excluding carboxylic acids is 1. The third-order valence-electron chi connectivity index (χ3n) is 5.71. The lowest BCUT2D eigenvalue weighted by Crippen LogP contribution is -2.36. The molecule has 4 heteroatoms. The lowest BCUT2D eigenvalue weighted by Gasteiger charge is -2.22. The molecule has 4 nitrogen and oxygen atoms in total. The Morgan fingerprint density at radius 3 is 1.82 bits per heavy atom. The fraction of sp³-hybridized carbons (Fsp3) is 0.833. The van der Waals surface area contributed by atoms with Crippen LogP contribution in [0.5, 0.6) is 0 Å². The summed E-state index contributed by atoms with van der Waals surface area (Å²) in [6, 6.07) is 2.36. The van der Waals surface area contributed by atoms with Crippen molar-refractivity contribution in [2.75, 3.05) is 13.1 Å². The minimum absolute atomic E-state index is 0.183. The molecule has 0 aromatic carbocycles. The number of nitrogens with zero attached hydrogens (tertiary/aromatic N) is 2. The molecule has 1 saturated carbocycles. The SMILES string of the molecule is CCCCN(/C=C(/C#N)C(=O)NC1CCCCCCCCCCC1)CCCC. The van der Waals surface area contributed by atoms with E-state index in [1.165, 1.54) is 57.8 Å². The summed E-state index contributed by atoms with van der Waals surface area (Å²) >= 11 is 0. The molecule has 160 valence electrons. The van der Waals surface area contributed by atoms with E-state index in [1.807, 2.05) is 0 Å². The van der Waals surface area contributed by atoms with E-state index in [4.69, 9.17) is 0 Å². The summed E-state index contributed by atoms with van der Waals surface area (Å²) < 4.78 is 0. The van der Waals surface area contributed by atoms with Crippen molar-refractivity contribution in [2.45, 2.75) is 116 Å². The smallest absolute Gasteiger partial charge is 0.263 e. The van der Waals surface area contributed by atoms with E-state index in [1.54, 1.807) is 6.20 Å². The van der Waals surface area contributed by atoms with Gasteiger partial charge in [-0.3, -0.25) is 4.79 Å². The Bertz CT molecular complexity index is 461. The topological polar surface area (TPSA) is 56.1 Å². The van der Waals surface area contributed by atoms with E-state index in [9.17, 15) is 10.1 Å². The quantitative estimate of drug-likeness (QED) is 0.384. The predicted molar refractivity (Wildman–Crippen MR) is 118 cm³/mol. The third kappa shape index (κ3) is 11.4. The summed E-state index contributed by atoms with van der Waals surface area (Å²) in [6.07, 6.45) is 19.9. The highest BCUT2D eigenvalue weighted by molar-refractivity contribution is 5.97. The van der Waals surface area contributed by atoms with Gasteiger partial charge in [0.05, 0.1) is 0 Å². The number of rotatable bonds is 9. The summed E-state index contributed by atoms with van der Waals surface area (Å²) in [5.41, 5.74) is 0.262. The van der Waals surface area contributed by atoms with Crippen LogP contribution in [-0.2, 0) is 4.79 Å². The molecule has 0 unspecified atom stereocenters. The molecule has 1 rings (SSSR count). The molecule has 0 aromatic heterocycles. The maximum Gasteiger partial charge on any atom is 0.263 e. The normalized spacial score (nSPS) is 17.8. The van der Waals surface area contributed by atoms with E-state index >= 15 is 0 Å². The molecule has 0 spiro atoms. The molecule has 0 aliphatic heterocycles. The van der Waals surface area contributed by atoms with Crippen LogP contribution in [0.4, 0.5) is 0 Å². The van der Waals surface area contributed by atoms with E-state index in [0.29, 0.717) is 0 Å². The highest BCUT2D eigenvalue weighted by atomic mass is 16.1. The first-order chi connectivity index (χ1) is 13.7. The van der Waals surface area contributed by atoms with Crippen molar-refractivity contribution in [1.29, 1.82) is 5.26 Å². The van der Waals surface area contributed by atoms with Gasteiger partial charge < -0.3 is 10.2 Å². The zero-order valence-electron chi connectivity index (χ0n) is 18.5. The Kier molecular flexibility index (Phi) is 14.4. The molecule has 0 aromatic rings. The Hall–Kier alpha value is -1.50. The molecular weight excluding hydrogens is 346 g/mol. The second-order valence-electron chi connectivity index (χ2n) is 8.33. The van der Waals surface area contributed by atoms with E-state index in [2.05, 4.69) is 30.1 Å². The Morgan fingerprint density at radius 2 is 1.39 bits per heavy atom. The molecule has 1 amide bonds. The zero-order valence-corrected chi connectivity index (χ0v) is 18.5. The number of nitrogens with one attached hydrogen (secondary N) is 1. The van der Waals surface area contributed by atoms with Crippen LogP contribution >= 0.6 is 0 Å². The predicted octanol–water partition coefficient (Wildman–Crippen LogP) is 6.09. The zero-order chi connectivity index (χ0) is 20.5. The van der Waals surface area contributed by atoms with Gasteiger partial charge in [-0.25, -0.2) is 0 Å².